The van der Waals surface area contributed by atoms with Crippen LogP contribution in [0.1, 0.15) is 24.4 Å². The molecule has 0 radical (unpaired) electrons. The Labute approximate surface area is 127 Å². The van der Waals surface area contributed by atoms with E-state index in [9.17, 15) is 4.79 Å². The number of amides is 1. The minimum Gasteiger partial charge on any atom is -0.479 e. The van der Waals surface area contributed by atoms with Crippen molar-refractivity contribution in [2.75, 3.05) is 12.0 Å². The molecular formula is C15H16N2O3S. The molecule has 3 rings (SSSR count). The number of hydrogen-bond acceptors (Lipinski definition) is 5. The number of hydrogen-bond donors (Lipinski definition) is 0. The molecule has 0 aliphatic carbocycles. The van der Waals surface area contributed by atoms with E-state index >= 15 is 0 Å². The largest absolute Gasteiger partial charge is 0.479 e. The molecule has 0 unspecified atom stereocenters. The molecule has 110 valence electrons. The predicted molar refractivity (Wildman–Crippen MR) is 81.1 cm³/mol. The zero-order valence-corrected chi connectivity index (χ0v) is 12.9. The molecule has 21 heavy (non-hydrogen) atoms. The van der Waals surface area contributed by atoms with Crippen LogP contribution in [0.4, 0.5) is 5.69 Å². The summed E-state index contributed by atoms with van der Waals surface area (Å²) in [5.74, 6) is 0.296. The maximum absolute atomic E-state index is 12.8. The maximum atomic E-state index is 12.8. The van der Waals surface area contributed by atoms with Gasteiger partial charge in [-0.05, 0) is 24.2 Å². The third kappa shape index (κ3) is 2.40. The van der Waals surface area contributed by atoms with Crippen LogP contribution >= 0.6 is 11.8 Å². The van der Waals surface area contributed by atoms with Crippen LogP contribution in [0.2, 0.25) is 0 Å². The van der Waals surface area contributed by atoms with Gasteiger partial charge >= 0.3 is 0 Å². The number of carbonyl (C=O) groups is 1. The Morgan fingerprint density at radius 2 is 2.14 bits per heavy atom. The van der Waals surface area contributed by atoms with E-state index in [4.69, 9.17) is 9.26 Å². The van der Waals surface area contributed by atoms with Crippen LogP contribution in [0.25, 0.3) is 0 Å². The van der Waals surface area contributed by atoms with Crippen LogP contribution in [0, 0.1) is 0 Å². The molecule has 2 aromatic rings. The van der Waals surface area contributed by atoms with Crippen LogP contribution in [0.3, 0.4) is 0 Å². The fraction of sp³-hybridized carbons (Fsp3) is 0.333. The molecule has 1 aliphatic rings. The topological polar surface area (TPSA) is 55.6 Å². The first-order valence-electron chi connectivity index (χ1n) is 6.71. The van der Waals surface area contributed by atoms with Gasteiger partial charge in [-0.2, -0.15) is 0 Å². The molecule has 6 heteroatoms. The van der Waals surface area contributed by atoms with E-state index in [1.54, 1.807) is 16.7 Å². The molecule has 1 aromatic carbocycles. The number of para-hydroxylation sites is 1. The fourth-order valence-electron chi connectivity index (χ4n) is 2.35. The Bertz CT molecular complexity index is 670. The minimum atomic E-state index is -0.196. The number of carbonyl (C=O) groups excluding carboxylic acids is 1. The van der Waals surface area contributed by atoms with Gasteiger partial charge in [0.2, 0.25) is 5.76 Å². The van der Waals surface area contributed by atoms with Crippen molar-refractivity contribution in [3.05, 3.63) is 36.1 Å². The average molecular weight is 304 g/mol. The molecule has 0 fully saturated rings. The van der Waals surface area contributed by atoms with Gasteiger partial charge in [0.1, 0.15) is 0 Å². The molecule has 1 amide bonds. The number of ether oxygens (including phenoxy) is 1. The van der Waals surface area contributed by atoms with Crippen molar-refractivity contribution in [3.63, 3.8) is 0 Å². The molecule has 2 heterocycles. The second-order valence-electron chi connectivity index (χ2n) is 4.94. The second-order valence-corrected chi connectivity index (χ2v) is 6.36. The number of methoxy groups -OCH3 is 1. The monoisotopic (exact) mass is 304 g/mol. The average Bonchev–Trinajstić information content (AvgIpc) is 2.97. The van der Waals surface area contributed by atoms with Gasteiger partial charge in [0.15, 0.2) is 0 Å². The first-order valence-corrected chi connectivity index (χ1v) is 7.59. The number of nitrogens with zero attached hydrogens (tertiary/aromatic N) is 2. The number of benzene rings is 1. The van der Waals surface area contributed by atoms with Crippen LogP contribution in [-0.4, -0.2) is 29.5 Å². The summed E-state index contributed by atoms with van der Waals surface area (Å²) < 4.78 is 10.1. The van der Waals surface area contributed by atoms with Crippen molar-refractivity contribution in [2.45, 2.75) is 30.0 Å². The number of anilines is 1. The number of thioether (sulfide) groups is 1. The quantitative estimate of drug-likeness (QED) is 0.852. The summed E-state index contributed by atoms with van der Waals surface area (Å²) >= 11 is 1.78. The lowest BCUT2D eigenvalue weighted by atomic mass is 10.1. The molecule has 1 aromatic heterocycles. The highest BCUT2D eigenvalue weighted by Crippen LogP contribution is 2.42. The Balaban J connectivity index is 2.01. The Kier molecular flexibility index (Phi) is 3.63. The third-order valence-corrected chi connectivity index (χ3v) is 5.02. The smallest absolute Gasteiger partial charge is 0.297 e. The zero-order chi connectivity index (χ0) is 15.0. The molecule has 0 saturated carbocycles. The van der Waals surface area contributed by atoms with E-state index in [0.717, 1.165) is 10.6 Å². The van der Waals surface area contributed by atoms with Gasteiger partial charge in [0.25, 0.3) is 11.8 Å². The first-order chi connectivity index (χ1) is 10.1. The van der Waals surface area contributed by atoms with Gasteiger partial charge < -0.3 is 14.2 Å². The second kappa shape index (κ2) is 5.44. The van der Waals surface area contributed by atoms with Crippen molar-refractivity contribution in [3.8, 4) is 5.88 Å². The summed E-state index contributed by atoms with van der Waals surface area (Å²) in [7, 11) is 1.49. The lowest BCUT2D eigenvalue weighted by Crippen LogP contribution is -2.46. The van der Waals surface area contributed by atoms with Crippen LogP contribution in [0.5, 0.6) is 5.88 Å². The van der Waals surface area contributed by atoms with E-state index in [1.165, 1.54) is 13.2 Å². The number of aromatic nitrogens is 1. The summed E-state index contributed by atoms with van der Waals surface area (Å²) in [4.78, 5) is 15.6. The highest BCUT2D eigenvalue weighted by Gasteiger charge is 2.35. The predicted octanol–water partition coefficient (Wildman–Crippen LogP) is 3.21. The van der Waals surface area contributed by atoms with E-state index in [1.807, 2.05) is 31.2 Å². The summed E-state index contributed by atoms with van der Waals surface area (Å²) in [6, 6.07) is 9.48. The molecule has 1 aliphatic heterocycles. The van der Waals surface area contributed by atoms with E-state index in [2.05, 4.69) is 12.1 Å². The SMILES string of the molecule is COc1cc(C(=O)N2c3ccccc3S[C@@H](C)[C@H]2C)on1. The standard InChI is InChI=1S/C15H16N2O3S/c1-9-10(2)21-13-7-5-4-6-11(13)17(9)15(18)12-8-14(19-3)16-20-12/h4-10H,1-3H3/t9-,10+/m1/s1. The van der Waals surface area contributed by atoms with Crippen LogP contribution in [0.15, 0.2) is 39.8 Å². The summed E-state index contributed by atoms with van der Waals surface area (Å²) in [5, 5.41) is 4.00. The molecule has 0 bridgehead atoms. The lowest BCUT2D eigenvalue weighted by Gasteiger charge is -2.38. The lowest BCUT2D eigenvalue weighted by molar-refractivity contribution is 0.0941. The molecule has 0 saturated heterocycles. The summed E-state index contributed by atoms with van der Waals surface area (Å²) in [5.41, 5.74) is 0.911. The summed E-state index contributed by atoms with van der Waals surface area (Å²) in [6.45, 7) is 4.16. The first kappa shape index (κ1) is 14.0. The van der Waals surface area contributed by atoms with Crippen LogP contribution < -0.4 is 9.64 Å². The fourth-order valence-corrected chi connectivity index (χ4v) is 3.52. The third-order valence-electron chi connectivity index (χ3n) is 3.65. The van der Waals surface area contributed by atoms with E-state index in [0.29, 0.717) is 11.1 Å². The number of fused-ring (bicyclic) bond motifs is 1. The molecule has 2 atom stereocenters. The molecule has 5 nitrogen and oxygen atoms in total. The van der Waals surface area contributed by atoms with E-state index < -0.39 is 0 Å². The van der Waals surface area contributed by atoms with Crippen molar-refractivity contribution in [1.29, 1.82) is 0 Å². The van der Waals surface area contributed by atoms with Gasteiger partial charge in [-0.15, -0.1) is 11.8 Å². The van der Waals surface area contributed by atoms with Crippen LogP contribution in [-0.2, 0) is 0 Å². The molecule has 0 spiro atoms. The van der Waals surface area contributed by atoms with Gasteiger partial charge in [0.05, 0.1) is 18.9 Å². The Hall–Kier alpha value is -1.95. The minimum absolute atomic E-state index is 0.0634. The van der Waals surface area contributed by atoms with Gasteiger partial charge in [0, 0.05) is 16.2 Å². The highest BCUT2D eigenvalue weighted by atomic mass is 32.2. The van der Waals surface area contributed by atoms with Gasteiger partial charge in [-0.3, -0.25) is 4.79 Å². The van der Waals surface area contributed by atoms with Gasteiger partial charge in [-0.1, -0.05) is 19.1 Å². The van der Waals surface area contributed by atoms with E-state index in [-0.39, 0.29) is 17.7 Å². The normalized spacial score (nSPS) is 21.0. The van der Waals surface area contributed by atoms with Crippen molar-refractivity contribution in [2.24, 2.45) is 0 Å². The van der Waals surface area contributed by atoms with Gasteiger partial charge in [-0.25, -0.2) is 0 Å². The maximum Gasteiger partial charge on any atom is 0.297 e. The Morgan fingerprint density at radius 1 is 1.38 bits per heavy atom. The number of rotatable bonds is 2. The Morgan fingerprint density at radius 3 is 2.86 bits per heavy atom. The summed E-state index contributed by atoms with van der Waals surface area (Å²) in [6.07, 6.45) is 0. The van der Waals surface area contributed by atoms with Crippen molar-refractivity contribution in [1.82, 2.24) is 5.16 Å². The highest BCUT2D eigenvalue weighted by molar-refractivity contribution is 8.00. The molecule has 0 N–H and O–H groups in total. The van der Waals surface area contributed by atoms with Crippen molar-refractivity contribution >= 4 is 23.4 Å². The van der Waals surface area contributed by atoms with Crippen molar-refractivity contribution < 1.29 is 14.1 Å². The molecular weight excluding hydrogens is 288 g/mol. The zero-order valence-electron chi connectivity index (χ0n) is 12.1.